The molecule has 0 saturated carbocycles. The molecule has 0 bridgehead atoms. The third-order valence-electron chi connectivity index (χ3n) is 2.99. The lowest BCUT2D eigenvalue weighted by Crippen LogP contribution is -2.45. The molecule has 0 aromatic heterocycles. The first-order chi connectivity index (χ1) is 10.9. The monoisotopic (exact) mass is 348 g/mol. The van der Waals surface area contributed by atoms with Gasteiger partial charge in [-0.2, -0.15) is 5.01 Å². The van der Waals surface area contributed by atoms with Gasteiger partial charge in [0.1, 0.15) is 6.29 Å². The molecule has 1 aromatic carbocycles. The summed E-state index contributed by atoms with van der Waals surface area (Å²) in [4.78, 5) is 35.2. The van der Waals surface area contributed by atoms with Crippen molar-refractivity contribution < 1.29 is 14.4 Å². The molecule has 0 radical (unpaired) electrons. The van der Waals surface area contributed by atoms with Crippen LogP contribution >= 0.6 is 24.0 Å². The van der Waals surface area contributed by atoms with Gasteiger partial charge in [0.25, 0.3) is 5.91 Å². The zero-order valence-corrected chi connectivity index (χ0v) is 14.4. The zero-order valence-electron chi connectivity index (χ0n) is 12.7. The van der Waals surface area contributed by atoms with Crippen molar-refractivity contribution >= 4 is 52.5 Å². The molecular weight excluding hydrogens is 332 g/mol. The third-order valence-corrected chi connectivity index (χ3v) is 4.30. The molecule has 1 heterocycles. The number of benzene rings is 1. The number of nitrogens with one attached hydrogen (secondary N) is 1. The lowest BCUT2D eigenvalue weighted by atomic mass is 10.1. The molecule has 0 unspecified atom stereocenters. The Balaban J connectivity index is 2.12. The minimum atomic E-state index is -0.350. The molecule has 1 N–H and O–H groups in total. The standard InChI is InChI=1S/C16H16N2O3S2/c1-10(2)7-14(20)17-18-15(21)13(23-16(18)22)8-11-3-5-12(9-19)6-4-11/h3-6,8-10H,7H2,1-2H3,(H,17,20)/b13-8-. The van der Waals surface area contributed by atoms with Crippen molar-refractivity contribution in [3.05, 3.63) is 40.3 Å². The normalized spacial score (nSPS) is 16.3. The van der Waals surface area contributed by atoms with Gasteiger partial charge in [0.15, 0.2) is 4.32 Å². The number of nitrogens with zero attached hydrogens (tertiary/aromatic N) is 1. The highest BCUT2D eigenvalue weighted by Gasteiger charge is 2.33. The summed E-state index contributed by atoms with van der Waals surface area (Å²) in [7, 11) is 0. The van der Waals surface area contributed by atoms with E-state index in [-0.39, 0.29) is 17.7 Å². The Kier molecular flexibility index (Phi) is 5.68. The Morgan fingerprint density at radius 1 is 1.30 bits per heavy atom. The number of aldehydes is 1. The van der Waals surface area contributed by atoms with Gasteiger partial charge < -0.3 is 0 Å². The fraction of sp³-hybridized carbons (Fsp3) is 0.250. The van der Waals surface area contributed by atoms with E-state index in [0.717, 1.165) is 28.6 Å². The second kappa shape index (κ2) is 7.52. The van der Waals surface area contributed by atoms with Gasteiger partial charge in [-0.05, 0) is 29.8 Å². The first kappa shape index (κ1) is 17.4. The number of thioether (sulfide) groups is 1. The Hall–Kier alpha value is -1.99. The molecule has 1 fully saturated rings. The van der Waals surface area contributed by atoms with Gasteiger partial charge in [-0.3, -0.25) is 19.8 Å². The molecule has 23 heavy (non-hydrogen) atoms. The summed E-state index contributed by atoms with van der Waals surface area (Å²) in [6.45, 7) is 3.85. The van der Waals surface area contributed by atoms with Gasteiger partial charge in [0, 0.05) is 12.0 Å². The summed E-state index contributed by atoms with van der Waals surface area (Å²) >= 11 is 6.28. The van der Waals surface area contributed by atoms with Crippen molar-refractivity contribution in [1.29, 1.82) is 0 Å². The summed E-state index contributed by atoms with van der Waals surface area (Å²) in [6.07, 6.45) is 2.76. The number of hydrogen-bond acceptors (Lipinski definition) is 5. The van der Waals surface area contributed by atoms with Crippen LogP contribution in [0.25, 0.3) is 6.08 Å². The number of hydrogen-bond donors (Lipinski definition) is 1. The first-order valence-electron chi connectivity index (χ1n) is 7.03. The fourth-order valence-corrected chi connectivity index (χ4v) is 3.11. The number of carbonyl (C=O) groups is 3. The Bertz CT molecular complexity index is 681. The predicted octanol–water partition coefficient (Wildman–Crippen LogP) is 2.78. The maximum Gasteiger partial charge on any atom is 0.285 e. The van der Waals surface area contributed by atoms with E-state index in [0.29, 0.717) is 21.2 Å². The smallest absolute Gasteiger partial charge is 0.285 e. The van der Waals surface area contributed by atoms with Crippen molar-refractivity contribution in [3.63, 3.8) is 0 Å². The number of rotatable bonds is 5. The Labute approximate surface area is 144 Å². The van der Waals surface area contributed by atoms with E-state index in [9.17, 15) is 14.4 Å². The summed E-state index contributed by atoms with van der Waals surface area (Å²) in [5.41, 5.74) is 3.89. The van der Waals surface area contributed by atoms with Crippen molar-refractivity contribution in [2.24, 2.45) is 5.92 Å². The number of hydrazine groups is 1. The van der Waals surface area contributed by atoms with E-state index in [2.05, 4.69) is 5.43 Å². The number of amides is 2. The highest BCUT2D eigenvalue weighted by atomic mass is 32.2. The van der Waals surface area contributed by atoms with E-state index in [1.54, 1.807) is 30.3 Å². The third kappa shape index (κ3) is 4.49. The molecule has 7 heteroatoms. The summed E-state index contributed by atoms with van der Waals surface area (Å²) < 4.78 is 0.294. The maximum atomic E-state index is 12.3. The van der Waals surface area contributed by atoms with Crippen LogP contribution in [-0.4, -0.2) is 27.4 Å². The Morgan fingerprint density at radius 2 is 1.91 bits per heavy atom. The SMILES string of the molecule is CC(C)CC(=O)NN1C(=O)/C(=C/c2ccc(C=O)cc2)SC1=S. The minimum absolute atomic E-state index is 0.195. The molecule has 1 saturated heterocycles. The van der Waals surface area contributed by atoms with Crippen LogP contribution in [0.2, 0.25) is 0 Å². The van der Waals surface area contributed by atoms with E-state index in [4.69, 9.17) is 12.2 Å². The predicted molar refractivity (Wildman–Crippen MR) is 94.4 cm³/mol. The lowest BCUT2D eigenvalue weighted by Gasteiger charge is -2.16. The molecule has 2 amide bonds. The van der Waals surface area contributed by atoms with Crippen molar-refractivity contribution in [3.8, 4) is 0 Å². The zero-order chi connectivity index (χ0) is 17.0. The van der Waals surface area contributed by atoms with Crippen molar-refractivity contribution in [2.75, 3.05) is 0 Å². The summed E-state index contributed by atoms with van der Waals surface area (Å²) in [6, 6.07) is 6.83. The molecule has 2 rings (SSSR count). The van der Waals surface area contributed by atoms with Gasteiger partial charge in [-0.1, -0.05) is 49.9 Å². The van der Waals surface area contributed by atoms with Gasteiger partial charge in [-0.15, -0.1) is 0 Å². The van der Waals surface area contributed by atoms with E-state index < -0.39 is 0 Å². The largest absolute Gasteiger partial charge is 0.298 e. The highest BCUT2D eigenvalue weighted by Crippen LogP contribution is 2.31. The van der Waals surface area contributed by atoms with Crippen LogP contribution in [0.1, 0.15) is 36.2 Å². The summed E-state index contributed by atoms with van der Waals surface area (Å²) in [5, 5.41) is 1.11. The van der Waals surface area contributed by atoms with Crippen LogP contribution in [0.3, 0.4) is 0 Å². The quantitative estimate of drug-likeness (QED) is 0.503. The van der Waals surface area contributed by atoms with Crippen LogP contribution in [0, 0.1) is 5.92 Å². The molecule has 1 aliphatic heterocycles. The van der Waals surface area contributed by atoms with Crippen molar-refractivity contribution in [1.82, 2.24) is 10.4 Å². The molecular formula is C16H16N2O3S2. The summed E-state index contributed by atoms with van der Waals surface area (Å²) in [5.74, 6) is -0.398. The molecule has 0 aliphatic carbocycles. The lowest BCUT2D eigenvalue weighted by molar-refractivity contribution is -0.133. The van der Waals surface area contributed by atoms with Gasteiger partial charge >= 0.3 is 0 Å². The second-order valence-electron chi connectivity index (χ2n) is 5.43. The average molecular weight is 348 g/mol. The molecule has 120 valence electrons. The van der Waals surface area contributed by atoms with Crippen LogP contribution in [0.5, 0.6) is 0 Å². The van der Waals surface area contributed by atoms with Gasteiger partial charge in [0.2, 0.25) is 5.91 Å². The van der Waals surface area contributed by atoms with Crippen LogP contribution < -0.4 is 5.43 Å². The van der Waals surface area contributed by atoms with E-state index in [1.807, 2.05) is 13.8 Å². The van der Waals surface area contributed by atoms with Gasteiger partial charge in [0.05, 0.1) is 4.91 Å². The van der Waals surface area contributed by atoms with Crippen LogP contribution in [-0.2, 0) is 9.59 Å². The van der Waals surface area contributed by atoms with E-state index >= 15 is 0 Å². The second-order valence-corrected chi connectivity index (χ2v) is 7.11. The van der Waals surface area contributed by atoms with Gasteiger partial charge in [-0.25, -0.2) is 0 Å². The molecule has 0 atom stereocenters. The minimum Gasteiger partial charge on any atom is -0.298 e. The first-order valence-corrected chi connectivity index (χ1v) is 8.26. The fourth-order valence-electron chi connectivity index (χ4n) is 1.93. The maximum absolute atomic E-state index is 12.3. The number of carbonyl (C=O) groups excluding carboxylic acids is 3. The topological polar surface area (TPSA) is 66.5 Å². The highest BCUT2D eigenvalue weighted by molar-refractivity contribution is 8.26. The van der Waals surface area contributed by atoms with Crippen LogP contribution in [0.4, 0.5) is 0 Å². The molecule has 5 nitrogen and oxygen atoms in total. The molecule has 1 aliphatic rings. The molecule has 0 spiro atoms. The van der Waals surface area contributed by atoms with E-state index in [1.165, 1.54) is 0 Å². The van der Waals surface area contributed by atoms with Crippen molar-refractivity contribution in [2.45, 2.75) is 20.3 Å². The Morgan fingerprint density at radius 3 is 2.48 bits per heavy atom. The number of thiocarbonyl (C=S) groups is 1. The average Bonchev–Trinajstić information content (AvgIpc) is 2.75. The molecule has 1 aromatic rings. The van der Waals surface area contributed by atoms with Crippen LogP contribution in [0.15, 0.2) is 29.2 Å².